The number of carboxylic acid groups (broad SMARTS) is 1. The Balaban J connectivity index is 1.62. The van der Waals surface area contributed by atoms with Gasteiger partial charge in [0.15, 0.2) is 0 Å². The minimum absolute atomic E-state index is 0.315. The number of rotatable bonds is 6. The molecule has 0 spiro atoms. The molecule has 0 unspecified atom stereocenters. The molecule has 3 rings (SSSR count). The molecule has 1 amide bonds. The first-order valence-corrected chi connectivity index (χ1v) is 8.63. The standard InChI is InChI=1S/C17H19N3O4S/c1-17(2)12(13(17)15(22)23)14(21)18-16-20-19-11(25-16)8-9-4-6-10(24-3)7-5-9/h4-7,12-13H,8H2,1-3H3,(H,22,23)(H,18,20,21)/t12-,13+/m0/s1. The molecule has 2 N–H and O–H groups in total. The van der Waals surface area contributed by atoms with E-state index in [0.29, 0.717) is 11.6 Å². The largest absolute Gasteiger partial charge is 0.497 e. The second kappa shape index (κ2) is 6.44. The third-order valence-electron chi connectivity index (χ3n) is 4.59. The Kier molecular flexibility index (Phi) is 4.47. The Morgan fingerprint density at radius 2 is 1.92 bits per heavy atom. The zero-order valence-corrected chi connectivity index (χ0v) is 15.0. The molecule has 1 fully saturated rings. The maximum atomic E-state index is 12.3. The Labute approximate surface area is 149 Å². The number of benzene rings is 1. The highest BCUT2D eigenvalue weighted by atomic mass is 32.1. The summed E-state index contributed by atoms with van der Waals surface area (Å²) in [5.41, 5.74) is 0.524. The van der Waals surface area contributed by atoms with Crippen LogP contribution < -0.4 is 10.1 Å². The van der Waals surface area contributed by atoms with Crippen LogP contribution in [-0.4, -0.2) is 34.3 Å². The van der Waals surface area contributed by atoms with Crippen molar-refractivity contribution < 1.29 is 19.4 Å². The lowest BCUT2D eigenvalue weighted by Crippen LogP contribution is -2.17. The van der Waals surface area contributed by atoms with Gasteiger partial charge in [-0.05, 0) is 23.1 Å². The molecule has 0 bridgehead atoms. The van der Waals surface area contributed by atoms with Gasteiger partial charge in [0.2, 0.25) is 11.0 Å². The van der Waals surface area contributed by atoms with E-state index in [2.05, 4.69) is 15.5 Å². The fourth-order valence-corrected chi connectivity index (χ4v) is 3.84. The summed E-state index contributed by atoms with van der Waals surface area (Å²) in [4.78, 5) is 23.5. The number of carbonyl (C=O) groups is 2. The summed E-state index contributed by atoms with van der Waals surface area (Å²) in [6.07, 6.45) is 0.601. The maximum absolute atomic E-state index is 12.3. The van der Waals surface area contributed by atoms with E-state index in [1.165, 1.54) is 11.3 Å². The van der Waals surface area contributed by atoms with Crippen LogP contribution in [0.15, 0.2) is 24.3 Å². The molecule has 1 aliphatic carbocycles. The smallest absolute Gasteiger partial charge is 0.307 e. The zero-order valence-electron chi connectivity index (χ0n) is 14.1. The molecule has 1 aromatic carbocycles. The first-order valence-electron chi connectivity index (χ1n) is 7.82. The summed E-state index contributed by atoms with van der Waals surface area (Å²) in [5.74, 6) is -1.67. The van der Waals surface area contributed by atoms with E-state index < -0.39 is 23.2 Å². The number of aliphatic carboxylic acids is 1. The number of aromatic nitrogens is 2. The van der Waals surface area contributed by atoms with Gasteiger partial charge >= 0.3 is 5.97 Å². The summed E-state index contributed by atoms with van der Waals surface area (Å²) < 4.78 is 5.12. The highest BCUT2D eigenvalue weighted by molar-refractivity contribution is 7.15. The number of nitrogens with zero attached hydrogens (tertiary/aromatic N) is 2. The number of ether oxygens (including phenoxy) is 1. The molecule has 0 aliphatic heterocycles. The topological polar surface area (TPSA) is 101 Å². The fourth-order valence-electron chi connectivity index (χ4n) is 3.06. The highest BCUT2D eigenvalue weighted by Gasteiger charge is 2.66. The molecule has 1 heterocycles. The van der Waals surface area contributed by atoms with Crippen molar-refractivity contribution in [1.82, 2.24) is 10.2 Å². The van der Waals surface area contributed by atoms with E-state index in [4.69, 9.17) is 9.84 Å². The molecular weight excluding hydrogens is 342 g/mol. The average molecular weight is 361 g/mol. The number of hydrogen-bond donors (Lipinski definition) is 2. The molecule has 0 saturated heterocycles. The van der Waals surface area contributed by atoms with Crippen LogP contribution >= 0.6 is 11.3 Å². The minimum atomic E-state index is -0.942. The molecule has 2 atom stereocenters. The number of methoxy groups -OCH3 is 1. The molecule has 8 heteroatoms. The lowest BCUT2D eigenvalue weighted by molar-refractivity contribution is -0.140. The van der Waals surface area contributed by atoms with Crippen molar-refractivity contribution in [2.45, 2.75) is 20.3 Å². The average Bonchev–Trinajstić information content (AvgIpc) is 2.91. The maximum Gasteiger partial charge on any atom is 0.307 e. The normalized spacial score (nSPS) is 20.8. The van der Waals surface area contributed by atoms with Gasteiger partial charge in [0, 0.05) is 6.42 Å². The van der Waals surface area contributed by atoms with Crippen molar-refractivity contribution in [2.75, 3.05) is 12.4 Å². The van der Waals surface area contributed by atoms with Crippen LogP contribution in [0.4, 0.5) is 5.13 Å². The first kappa shape index (κ1) is 17.3. The summed E-state index contributed by atoms with van der Waals surface area (Å²) >= 11 is 1.29. The van der Waals surface area contributed by atoms with Gasteiger partial charge in [-0.1, -0.05) is 37.3 Å². The Morgan fingerprint density at radius 1 is 1.24 bits per heavy atom. The summed E-state index contributed by atoms with van der Waals surface area (Å²) in [5, 5.41) is 21.1. The molecular formula is C17H19N3O4S. The third kappa shape index (κ3) is 3.48. The lowest BCUT2D eigenvalue weighted by atomic mass is 10.1. The lowest BCUT2D eigenvalue weighted by Gasteiger charge is -2.02. The second-order valence-corrected chi connectivity index (χ2v) is 7.69. The Hall–Kier alpha value is -2.48. The molecule has 1 aromatic heterocycles. The van der Waals surface area contributed by atoms with Crippen LogP contribution in [0.2, 0.25) is 0 Å². The van der Waals surface area contributed by atoms with E-state index in [0.717, 1.165) is 16.3 Å². The number of carbonyl (C=O) groups excluding carboxylic acids is 1. The van der Waals surface area contributed by atoms with Crippen LogP contribution in [-0.2, 0) is 16.0 Å². The first-order chi connectivity index (χ1) is 11.8. The van der Waals surface area contributed by atoms with Gasteiger partial charge in [0.25, 0.3) is 0 Å². The third-order valence-corrected chi connectivity index (χ3v) is 5.43. The van der Waals surface area contributed by atoms with Gasteiger partial charge < -0.3 is 15.2 Å². The van der Waals surface area contributed by atoms with Crippen LogP contribution in [0.1, 0.15) is 24.4 Å². The Morgan fingerprint density at radius 3 is 2.48 bits per heavy atom. The van der Waals surface area contributed by atoms with Gasteiger partial charge in [-0.2, -0.15) is 0 Å². The monoisotopic (exact) mass is 361 g/mol. The van der Waals surface area contributed by atoms with Crippen molar-refractivity contribution in [3.63, 3.8) is 0 Å². The fraction of sp³-hybridized carbons (Fsp3) is 0.412. The van der Waals surface area contributed by atoms with Gasteiger partial charge in [-0.15, -0.1) is 10.2 Å². The van der Waals surface area contributed by atoms with Crippen LogP contribution in [0.3, 0.4) is 0 Å². The van der Waals surface area contributed by atoms with Crippen molar-refractivity contribution in [2.24, 2.45) is 17.3 Å². The van der Waals surface area contributed by atoms with E-state index in [1.807, 2.05) is 24.3 Å². The van der Waals surface area contributed by atoms with Crippen molar-refractivity contribution >= 4 is 28.3 Å². The Bertz CT molecular complexity index is 800. The van der Waals surface area contributed by atoms with Gasteiger partial charge in [0.1, 0.15) is 10.8 Å². The highest BCUT2D eigenvalue weighted by Crippen LogP contribution is 2.58. The molecule has 25 heavy (non-hydrogen) atoms. The molecule has 7 nitrogen and oxygen atoms in total. The van der Waals surface area contributed by atoms with E-state index >= 15 is 0 Å². The number of carboxylic acids is 1. The quantitative estimate of drug-likeness (QED) is 0.819. The van der Waals surface area contributed by atoms with E-state index in [9.17, 15) is 9.59 Å². The summed E-state index contributed by atoms with van der Waals surface area (Å²) in [6.45, 7) is 3.57. The van der Waals surface area contributed by atoms with Crippen LogP contribution in [0, 0.1) is 17.3 Å². The summed E-state index contributed by atoms with van der Waals surface area (Å²) in [7, 11) is 1.62. The van der Waals surface area contributed by atoms with E-state index in [-0.39, 0.29) is 5.91 Å². The molecule has 2 aromatic rings. The number of anilines is 1. The van der Waals surface area contributed by atoms with Crippen molar-refractivity contribution in [3.05, 3.63) is 34.8 Å². The summed E-state index contributed by atoms with van der Waals surface area (Å²) in [6, 6.07) is 7.64. The molecule has 132 valence electrons. The van der Waals surface area contributed by atoms with Gasteiger partial charge in [0.05, 0.1) is 18.9 Å². The van der Waals surface area contributed by atoms with Gasteiger partial charge in [-0.25, -0.2) is 0 Å². The minimum Gasteiger partial charge on any atom is -0.497 e. The molecule has 1 saturated carbocycles. The second-order valence-electron chi connectivity index (χ2n) is 6.63. The SMILES string of the molecule is COc1ccc(Cc2nnc(NC(=O)[C@@H]3[C@H](C(=O)O)C3(C)C)s2)cc1. The predicted molar refractivity (Wildman–Crippen MR) is 92.7 cm³/mol. The zero-order chi connectivity index (χ0) is 18.2. The van der Waals surface area contributed by atoms with Gasteiger partial charge in [-0.3, -0.25) is 9.59 Å². The van der Waals surface area contributed by atoms with Crippen molar-refractivity contribution in [3.8, 4) is 5.75 Å². The number of amides is 1. The molecule has 1 aliphatic rings. The van der Waals surface area contributed by atoms with Crippen LogP contribution in [0.25, 0.3) is 0 Å². The number of hydrogen-bond acceptors (Lipinski definition) is 6. The van der Waals surface area contributed by atoms with Crippen LogP contribution in [0.5, 0.6) is 5.75 Å². The molecule has 0 radical (unpaired) electrons. The number of nitrogens with one attached hydrogen (secondary N) is 1. The van der Waals surface area contributed by atoms with E-state index in [1.54, 1.807) is 21.0 Å². The predicted octanol–water partition coefficient (Wildman–Crippen LogP) is 2.43. The van der Waals surface area contributed by atoms with Crippen molar-refractivity contribution in [1.29, 1.82) is 0 Å².